The van der Waals surface area contributed by atoms with E-state index in [2.05, 4.69) is 16.1 Å². The fourth-order valence-corrected chi connectivity index (χ4v) is 1.94. The van der Waals surface area contributed by atoms with Crippen LogP contribution < -0.4 is 9.47 Å². The van der Waals surface area contributed by atoms with Crippen LogP contribution in [0.2, 0.25) is 0 Å². The zero-order valence-electron chi connectivity index (χ0n) is 12.7. The van der Waals surface area contributed by atoms with Crippen LogP contribution in [0.25, 0.3) is 11.1 Å². The molecule has 25 heavy (non-hydrogen) atoms. The lowest BCUT2D eigenvalue weighted by atomic mass is 10.0. The lowest BCUT2D eigenvalue weighted by molar-refractivity contribution is -0.132. The SMILES string of the molecule is C=CC(=O)Oc1ccc(-c2cc(F)c(OC(C)=O)c(F)c2)c(F)c1F. The van der Waals surface area contributed by atoms with Gasteiger partial charge in [-0.2, -0.15) is 4.39 Å². The molecule has 0 aliphatic heterocycles. The number of hydrogen-bond donors (Lipinski definition) is 0. The second-order valence-electron chi connectivity index (χ2n) is 4.73. The molecule has 0 saturated carbocycles. The molecule has 0 aliphatic carbocycles. The molecule has 0 aromatic heterocycles. The Bertz CT molecular complexity index is 854. The van der Waals surface area contributed by atoms with Crippen molar-refractivity contribution in [2.75, 3.05) is 0 Å². The predicted octanol–water partition coefficient (Wildman–Crippen LogP) is 3.93. The highest BCUT2D eigenvalue weighted by Crippen LogP contribution is 2.33. The molecule has 130 valence electrons. The van der Waals surface area contributed by atoms with Crippen LogP contribution in [0.3, 0.4) is 0 Å². The zero-order valence-corrected chi connectivity index (χ0v) is 12.7. The maximum atomic E-state index is 14.2. The third kappa shape index (κ3) is 3.85. The summed E-state index contributed by atoms with van der Waals surface area (Å²) < 4.78 is 64.7. The van der Waals surface area contributed by atoms with Gasteiger partial charge in [-0.3, -0.25) is 4.79 Å². The van der Waals surface area contributed by atoms with Crippen molar-refractivity contribution in [2.45, 2.75) is 6.92 Å². The molecule has 8 heteroatoms. The smallest absolute Gasteiger partial charge is 0.335 e. The van der Waals surface area contributed by atoms with Gasteiger partial charge < -0.3 is 9.47 Å². The van der Waals surface area contributed by atoms with Crippen molar-refractivity contribution in [3.8, 4) is 22.6 Å². The van der Waals surface area contributed by atoms with Crippen LogP contribution in [0, 0.1) is 23.3 Å². The van der Waals surface area contributed by atoms with Crippen LogP contribution in [0.4, 0.5) is 17.6 Å². The van der Waals surface area contributed by atoms with E-state index >= 15 is 0 Å². The molecule has 0 fully saturated rings. The molecule has 2 aromatic rings. The summed E-state index contributed by atoms with van der Waals surface area (Å²) in [6.07, 6.45) is 0.754. The summed E-state index contributed by atoms with van der Waals surface area (Å²) in [6.45, 7) is 4.06. The largest absolute Gasteiger partial charge is 0.420 e. The number of rotatable bonds is 4. The highest BCUT2D eigenvalue weighted by Gasteiger charge is 2.21. The molecule has 0 N–H and O–H groups in total. The lowest BCUT2D eigenvalue weighted by Crippen LogP contribution is -2.07. The first-order chi connectivity index (χ1) is 11.7. The molecule has 0 unspecified atom stereocenters. The van der Waals surface area contributed by atoms with Gasteiger partial charge in [0.2, 0.25) is 11.6 Å². The minimum absolute atomic E-state index is 0.344. The zero-order chi connectivity index (χ0) is 18.7. The molecular formula is C17H10F4O4. The Morgan fingerprint density at radius 1 is 1.00 bits per heavy atom. The van der Waals surface area contributed by atoms with Crippen molar-refractivity contribution in [1.29, 1.82) is 0 Å². The molecule has 4 nitrogen and oxygen atoms in total. The normalized spacial score (nSPS) is 10.3. The van der Waals surface area contributed by atoms with Crippen LogP contribution >= 0.6 is 0 Å². The maximum absolute atomic E-state index is 14.2. The molecule has 0 bridgehead atoms. The highest BCUT2D eigenvalue weighted by molar-refractivity contribution is 5.83. The van der Waals surface area contributed by atoms with Gasteiger partial charge in [0.1, 0.15) is 0 Å². The van der Waals surface area contributed by atoms with Crippen LogP contribution in [0.15, 0.2) is 36.9 Å². The summed E-state index contributed by atoms with van der Waals surface area (Å²) in [5, 5.41) is 0. The van der Waals surface area contributed by atoms with Gasteiger partial charge in [0.25, 0.3) is 0 Å². The minimum Gasteiger partial charge on any atom is -0.420 e. The predicted molar refractivity (Wildman–Crippen MR) is 78.9 cm³/mol. The number of halogens is 4. The number of hydrogen-bond acceptors (Lipinski definition) is 4. The first-order valence-corrected chi connectivity index (χ1v) is 6.74. The maximum Gasteiger partial charge on any atom is 0.335 e. The lowest BCUT2D eigenvalue weighted by Gasteiger charge is -2.10. The van der Waals surface area contributed by atoms with Crippen molar-refractivity contribution < 1.29 is 36.6 Å². The van der Waals surface area contributed by atoms with E-state index in [1.165, 1.54) is 0 Å². The van der Waals surface area contributed by atoms with Gasteiger partial charge in [-0.25, -0.2) is 18.0 Å². The van der Waals surface area contributed by atoms with E-state index in [0.717, 1.165) is 25.1 Å². The second kappa shape index (κ2) is 7.16. The molecule has 0 saturated heterocycles. The first kappa shape index (κ1) is 18.2. The van der Waals surface area contributed by atoms with Gasteiger partial charge in [0.05, 0.1) is 0 Å². The fourth-order valence-electron chi connectivity index (χ4n) is 1.94. The topological polar surface area (TPSA) is 52.6 Å². The van der Waals surface area contributed by atoms with Crippen molar-refractivity contribution in [1.82, 2.24) is 0 Å². The van der Waals surface area contributed by atoms with Gasteiger partial charge in [0, 0.05) is 18.6 Å². The number of esters is 2. The number of carbonyl (C=O) groups excluding carboxylic acids is 2. The highest BCUT2D eigenvalue weighted by atomic mass is 19.2. The quantitative estimate of drug-likeness (QED) is 0.361. The monoisotopic (exact) mass is 354 g/mol. The van der Waals surface area contributed by atoms with E-state index in [0.29, 0.717) is 12.1 Å². The van der Waals surface area contributed by atoms with Crippen LogP contribution in [-0.4, -0.2) is 11.9 Å². The van der Waals surface area contributed by atoms with E-state index in [4.69, 9.17) is 0 Å². The standard InChI is InChI=1S/C17H10F4O4/c1-3-14(23)25-13-5-4-10(15(20)16(13)21)9-6-11(18)17(12(19)7-9)24-8(2)22/h3-7H,1H2,2H3. The number of benzene rings is 2. The summed E-state index contributed by atoms with van der Waals surface area (Å²) in [7, 11) is 0. The molecule has 0 amide bonds. The molecule has 0 atom stereocenters. The van der Waals surface area contributed by atoms with Gasteiger partial charge in [-0.15, -0.1) is 0 Å². The minimum atomic E-state index is -1.52. The Morgan fingerprint density at radius 2 is 1.60 bits per heavy atom. The van der Waals surface area contributed by atoms with Crippen molar-refractivity contribution in [3.63, 3.8) is 0 Å². The fraction of sp³-hybridized carbons (Fsp3) is 0.0588. The van der Waals surface area contributed by atoms with E-state index in [1.54, 1.807) is 0 Å². The third-order valence-corrected chi connectivity index (χ3v) is 2.98. The molecular weight excluding hydrogens is 344 g/mol. The van der Waals surface area contributed by atoms with Gasteiger partial charge in [-0.05, 0) is 29.8 Å². The summed E-state index contributed by atoms with van der Waals surface area (Å²) in [5.41, 5.74) is -0.827. The Morgan fingerprint density at radius 3 is 2.12 bits per heavy atom. The van der Waals surface area contributed by atoms with Gasteiger partial charge in [0.15, 0.2) is 23.2 Å². The average molecular weight is 354 g/mol. The molecule has 0 spiro atoms. The molecule has 2 aromatic carbocycles. The Kier molecular flexibility index (Phi) is 5.21. The number of ether oxygens (including phenoxy) is 2. The van der Waals surface area contributed by atoms with E-state index in [9.17, 15) is 27.2 Å². The second-order valence-corrected chi connectivity index (χ2v) is 4.73. The van der Waals surface area contributed by atoms with Crippen LogP contribution in [-0.2, 0) is 9.59 Å². The van der Waals surface area contributed by atoms with Crippen molar-refractivity contribution in [2.24, 2.45) is 0 Å². The van der Waals surface area contributed by atoms with Gasteiger partial charge >= 0.3 is 11.9 Å². The van der Waals surface area contributed by atoms with Crippen LogP contribution in [0.1, 0.15) is 6.92 Å². The molecule has 0 radical (unpaired) electrons. The van der Waals surface area contributed by atoms with Crippen LogP contribution in [0.5, 0.6) is 11.5 Å². The van der Waals surface area contributed by atoms with Gasteiger partial charge in [-0.1, -0.05) is 6.58 Å². The van der Waals surface area contributed by atoms with E-state index in [1.807, 2.05) is 0 Å². The first-order valence-electron chi connectivity index (χ1n) is 6.74. The van der Waals surface area contributed by atoms with Crippen molar-refractivity contribution >= 4 is 11.9 Å². The summed E-state index contributed by atoms with van der Waals surface area (Å²) >= 11 is 0. The summed E-state index contributed by atoms with van der Waals surface area (Å²) in [6, 6.07) is 3.25. The molecule has 0 aliphatic rings. The van der Waals surface area contributed by atoms with E-state index in [-0.39, 0.29) is 5.56 Å². The molecule has 2 rings (SSSR count). The Labute approximate surface area is 139 Å². The Hall–Kier alpha value is -3.16. The van der Waals surface area contributed by atoms with Crippen molar-refractivity contribution in [3.05, 3.63) is 60.2 Å². The molecule has 0 heterocycles. The summed E-state index contributed by atoms with van der Waals surface area (Å²) in [5.74, 6) is -9.15. The van der Waals surface area contributed by atoms with E-state index < -0.39 is 52.3 Å². The third-order valence-electron chi connectivity index (χ3n) is 2.98. The number of carbonyl (C=O) groups is 2. The Balaban J connectivity index is 2.49. The summed E-state index contributed by atoms with van der Waals surface area (Å²) in [4.78, 5) is 21.9. The average Bonchev–Trinajstić information content (AvgIpc) is 2.55.